The molecule has 0 bridgehead atoms. The first-order valence-electron chi connectivity index (χ1n) is 11.4. The molecule has 1 heterocycles. The van der Waals surface area contributed by atoms with Crippen molar-refractivity contribution in [2.45, 2.75) is 26.2 Å². The summed E-state index contributed by atoms with van der Waals surface area (Å²) in [6.45, 7) is 3.54. The van der Waals surface area contributed by atoms with Crippen LogP contribution in [0.5, 0.6) is 17.2 Å². The predicted molar refractivity (Wildman–Crippen MR) is 130 cm³/mol. The molecule has 0 atom stereocenters. The Balaban J connectivity index is 1.89. The maximum Gasteiger partial charge on any atom is 0.278 e. The average molecular weight is 469 g/mol. The van der Waals surface area contributed by atoms with Gasteiger partial charge in [-0.25, -0.2) is 0 Å². The number of ether oxygens (including phenoxy) is 4. The van der Waals surface area contributed by atoms with Crippen LogP contribution < -0.4 is 19.5 Å². The molecule has 1 aliphatic rings. The number of benzene rings is 2. The van der Waals surface area contributed by atoms with E-state index in [2.05, 4.69) is 12.2 Å². The molecule has 0 saturated carbocycles. The van der Waals surface area contributed by atoms with Gasteiger partial charge >= 0.3 is 0 Å². The lowest BCUT2D eigenvalue weighted by molar-refractivity contribution is -0.137. The van der Waals surface area contributed by atoms with Crippen molar-refractivity contribution in [1.29, 1.82) is 0 Å². The van der Waals surface area contributed by atoms with Crippen LogP contribution in [-0.4, -0.2) is 57.8 Å². The fraction of sp³-hybridized carbons (Fsp3) is 0.385. The number of carbonyl (C=O) groups is 2. The molecule has 0 radical (unpaired) electrons. The SMILES string of the molecule is CCCCOCCCN1C(=O)C(Nc2ccc(OC)cc2OC)=C(c2ccc(OC)cc2)C1=O. The Morgan fingerprint density at radius 1 is 0.824 bits per heavy atom. The molecule has 2 aromatic rings. The summed E-state index contributed by atoms with van der Waals surface area (Å²) in [7, 11) is 4.67. The largest absolute Gasteiger partial charge is 0.497 e. The van der Waals surface area contributed by atoms with Gasteiger partial charge in [-0.05, 0) is 42.7 Å². The van der Waals surface area contributed by atoms with E-state index in [0.29, 0.717) is 53.7 Å². The Morgan fingerprint density at radius 3 is 2.15 bits per heavy atom. The number of rotatable bonds is 13. The van der Waals surface area contributed by atoms with Crippen LogP contribution in [-0.2, 0) is 14.3 Å². The third kappa shape index (κ3) is 5.69. The first-order valence-corrected chi connectivity index (χ1v) is 11.4. The van der Waals surface area contributed by atoms with Gasteiger partial charge < -0.3 is 24.3 Å². The van der Waals surface area contributed by atoms with Gasteiger partial charge in [0, 0.05) is 25.8 Å². The summed E-state index contributed by atoms with van der Waals surface area (Å²) in [4.78, 5) is 28.0. The lowest BCUT2D eigenvalue weighted by Crippen LogP contribution is -2.34. The number of nitrogens with zero attached hydrogens (tertiary/aromatic N) is 1. The van der Waals surface area contributed by atoms with Crippen molar-refractivity contribution in [3.63, 3.8) is 0 Å². The van der Waals surface area contributed by atoms with E-state index in [1.807, 2.05) is 0 Å². The lowest BCUT2D eigenvalue weighted by atomic mass is 10.0. The smallest absolute Gasteiger partial charge is 0.278 e. The van der Waals surface area contributed by atoms with Gasteiger partial charge in [-0.2, -0.15) is 0 Å². The second kappa shape index (κ2) is 12.1. The van der Waals surface area contributed by atoms with Crippen molar-refractivity contribution in [2.24, 2.45) is 0 Å². The topological polar surface area (TPSA) is 86.3 Å². The molecule has 0 saturated heterocycles. The summed E-state index contributed by atoms with van der Waals surface area (Å²) < 4.78 is 21.5. The van der Waals surface area contributed by atoms with Gasteiger partial charge in [-0.1, -0.05) is 25.5 Å². The summed E-state index contributed by atoms with van der Waals surface area (Å²) in [5.74, 6) is 1.03. The zero-order chi connectivity index (χ0) is 24.5. The normalized spacial score (nSPS) is 13.5. The minimum absolute atomic E-state index is 0.200. The number of amides is 2. The third-order valence-corrected chi connectivity index (χ3v) is 5.53. The molecule has 3 rings (SSSR count). The molecule has 1 N–H and O–H groups in total. The van der Waals surface area contributed by atoms with Gasteiger partial charge in [-0.15, -0.1) is 0 Å². The van der Waals surface area contributed by atoms with Crippen LogP contribution in [0.15, 0.2) is 48.2 Å². The number of hydrogen-bond acceptors (Lipinski definition) is 7. The summed E-state index contributed by atoms with van der Waals surface area (Å²) in [5, 5.41) is 3.14. The Hall–Kier alpha value is -3.52. The van der Waals surface area contributed by atoms with Crippen molar-refractivity contribution in [2.75, 3.05) is 46.4 Å². The molecule has 34 heavy (non-hydrogen) atoms. The summed E-state index contributed by atoms with van der Waals surface area (Å²) in [6.07, 6.45) is 2.61. The molecular weight excluding hydrogens is 436 g/mol. The number of unbranched alkanes of at least 4 members (excludes halogenated alkanes) is 1. The molecule has 1 aliphatic heterocycles. The van der Waals surface area contributed by atoms with Crippen LogP contribution in [0.25, 0.3) is 5.57 Å². The number of hydrogen-bond donors (Lipinski definition) is 1. The van der Waals surface area contributed by atoms with Gasteiger partial charge in [0.05, 0.1) is 32.6 Å². The number of imide groups is 1. The highest BCUT2D eigenvalue weighted by molar-refractivity contribution is 6.36. The minimum Gasteiger partial charge on any atom is -0.497 e. The van der Waals surface area contributed by atoms with Gasteiger partial charge in [0.15, 0.2) is 0 Å². The fourth-order valence-electron chi connectivity index (χ4n) is 3.63. The van der Waals surface area contributed by atoms with Gasteiger partial charge in [0.25, 0.3) is 11.8 Å². The summed E-state index contributed by atoms with van der Waals surface area (Å²) >= 11 is 0. The van der Waals surface area contributed by atoms with Crippen molar-refractivity contribution in [3.05, 3.63) is 53.7 Å². The van der Waals surface area contributed by atoms with Crippen molar-refractivity contribution < 1.29 is 28.5 Å². The van der Waals surface area contributed by atoms with Crippen molar-refractivity contribution >= 4 is 23.1 Å². The monoisotopic (exact) mass is 468 g/mol. The molecule has 8 heteroatoms. The van der Waals surface area contributed by atoms with Gasteiger partial charge in [-0.3, -0.25) is 14.5 Å². The number of carbonyl (C=O) groups excluding carboxylic acids is 2. The lowest BCUT2D eigenvalue weighted by Gasteiger charge is -2.16. The third-order valence-electron chi connectivity index (χ3n) is 5.53. The maximum atomic E-state index is 13.4. The highest BCUT2D eigenvalue weighted by Crippen LogP contribution is 2.35. The first kappa shape index (κ1) is 25.1. The van der Waals surface area contributed by atoms with E-state index in [4.69, 9.17) is 18.9 Å². The molecule has 2 aromatic carbocycles. The van der Waals surface area contributed by atoms with E-state index in [9.17, 15) is 9.59 Å². The number of anilines is 1. The maximum absolute atomic E-state index is 13.4. The molecule has 2 amide bonds. The van der Waals surface area contributed by atoms with Crippen LogP contribution in [0, 0.1) is 0 Å². The molecule has 0 unspecified atom stereocenters. The highest BCUT2D eigenvalue weighted by atomic mass is 16.5. The molecule has 0 spiro atoms. The quantitative estimate of drug-likeness (QED) is 0.350. The van der Waals surface area contributed by atoms with E-state index in [0.717, 1.165) is 12.8 Å². The Morgan fingerprint density at radius 2 is 1.50 bits per heavy atom. The van der Waals surface area contributed by atoms with E-state index in [1.54, 1.807) is 56.7 Å². The molecule has 0 aliphatic carbocycles. The number of methoxy groups -OCH3 is 3. The Kier molecular flexibility index (Phi) is 8.93. The molecular formula is C26H32N2O6. The zero-order valence-electron chi connectivity index (χ0n) is 20.2. The second-order valence-electron chi connectivity index (χ2n) is 7.75. The molecule has 182 valence electrons. The standard InChI is InChI=1S/C26H32N2O6/c1-5-6-15-34-16-7-14-28-25(29)23(18-8-10-19(31-2)11-9-18)24(26(28)30)27-21-13-12-20(32-3)17-22(21)33-4/h8-13,17,27H,5-7,14-16H2,1-4H3. The molecule has 0 fully saturated rings. The minimum atomic E-state index is -0.387. The van der Waals surface area contributed by atoms with E-state index >= 15 is 0 Å². The number of nitrogens with one attached hydrogen (secondary N) is 1. The molecule has 0 aromatic heterocycles. The van der Waals surface area contributed by atoms with Crippen LogP contribution in [0.3, 0.4) is 0 Å². The Bertz CT molecular complexity index is 1030. The van der Waals surface area contributed by atoms with E-state index in [-0.39, 0.29) is 24.1 Å². The fourth-order valence-corrected chi connectivity index (χ4v) is 3.63. The Labute approximate surface area is 200 Å². The van der Waals surface area contributed by atoms with Crippen molar-refractivity contribution in [3.8, 4) is 17.2 Å². The highest BCUT2D eigenvalue weighted by Gasteiger charge is 2.39. The first-order chi connectivity index (χ1) is 16.5. The van der Waals surface area contributed by atoms with E-state index < -0.39 is 0 Å². The van der Waals surface area contributed by atoms with Gasteiger partial charge in [0.1, 0.15) is 22.9 Å². The van der Waals surface area contributed by atoms with Crippen molar-refractivity contribution in [1.82, 2.24) is 4.90 Å². The zero-order valence-corrected chi connectivity index (χ0v) is 20.2. The van der Waals surface area contributed by atoms with Crippen LogP contribution in [0.1, 0.15) is 31.7 Å². The predicted octanol–water partition coefficient (Wildman–Crippen LogP) is 4.11. The van der Waals surface area contributed by atoms with E-state index in [1.165, 1.54) is 12.0 Å². The second-order valence-corrected chi connectivity index (χ2v) is 7.75. The van der Waals surface area contributed by atoms with Crippen LogP contribution in [0.2, 0.25) is 0 Å². The van der Waals surface area contributed by atoms with Crippen LogP contribution in [0.4, 0.5) is 5.69 Å². The summed E-state index contributed by atoms with van der Waals surface area (Å²) in [5.41, 5.74) is 1.67. The average Bonchev–Trinajstić information content (AvgIpc) is 3.10. The summed E-state index contributed by atoms with van der Waals surface area (Å²) in [6, 6.07) is 12.3. The van der Waals surface area contributed by atoms with Crippen LogP contribution >= 0.6 is 0 Å². The van der Waals surface area contributed by atoms with Gasteiger partial charge in [0.2, 0.25) is 0 Å². The molecule has 8 nitrogen and oxygen atoms in total.